The van der Waals surface area contributed by atoms with E-state index in [-0.39, 0.29) is 24.8 Å². The quantitative estimate of drug-likeness (QED) is 0.804. The van der Waals surface area contributed by atoms with Gasteiger partial charge in [-0.1, -0.05) is 20.8 Å². The molecule has 0 aliphatic rings. The van der Waals surface area contributed by atoms with Gasteiger partial charge in [-0.25, -0.2) is 4.98 Å². The molecule has 23 heavy (non-hydrogen) atoms. The second-order valence-corrected chi connectivity index (χ2v) is 6.25. The van der Waals surface area contributed by atoms with E-state index in [2.05, 4.69) is 10.3 Å². The van der Waals surface area contributed by atoms with Gasteiger partial charge in [0.2, 0.25) is 11.5 Å². The van der Waals surface area contributed by atoms with E-state index in [0.29, 0.717) is 5.92 Å². The number of carbonyl (C=O) groups excluding carboxylic acids is 1. The fourth-order valence-corrected chi connectivity index (χ4v) is 2.13. The minimum absolute atomic E-state index is 0.131. The molecule has 132 valence electrons. The number of nitrogens with one attached hydrogen (secondary N) is 1. The normalized spacial score (nSPS) is 16.2. The summed E-state index contributed by atoms with van der Waals surface area (Å²) in [6.07, 6.45) is -2.82. The molecule has 2 unspecified atom stereocenters. The molecule has 0 aliphatic heterocycles. The van der Waals surface area contributed by atoms with Gasteiger partial charge in [-0.05, 0) is 11.8 Å². The Bertz CT molecular complexity index is 528. The zero-order valence-electron chi connectivity index (χ0n) is 13.8. The van der Waals surface area contributed by atoms with Crippen LogP contribution in [-0.4, -0.2) is 33.3 Å². The van der Waals surface area contributed by atoms with Gasteiger partial charge in [-0.3, -0.25) is 4.79 Å². The predicted octanol–water partition coefficient (Wildman–Crippen LogP) is 2.36. The first kappa shape index (κ1) is 19.5. The molecule has 0 aliphatic carbocycles. The summed E-state index contributed by atoms with van der Waals surface area (Å²) in [5.74, 6) is -0.378. The molecule has 1 aromatic rings. The Kier molecular flexibility index (Phi) is 6.21. The molecule has 1 aromatic heterocycles. The van der Waals surface area contributed by atoms with Gasteiger partial charge in [0.1, 0.15) is 5.82 Å². The summed E-state index contributed by atoms with van der Waals surface area (Å²) in [5.41, 5.74) is -3.10. The summed E-state index contributed by atoms with van der Waals surface area (Å²) in [5, 5.41) is 12.6. The Balaban J connectivity index is 2.71. The largest absolute Gasteiger partial charge is 0.424 e. The molecule has 1 rings (SSSR count). The van der Waals surface area contributed by atoms with Crippen molar-refractivity contribution in [1.29, 1.82) is 0 Å². The van der Waals surface area contributed by atoms with Crippen LogP contribution in [0.15, 0.2) is 12.4 Å². The third-order valence-corrected chi connectivity index (χ3v) is 4.11. The van der Waals surface area contributed by atoms with Gasteiger partial charge >= 0.3 is 6.18 Å². The molecule has 5 nitrogen and oxygen atoms in total. The average Bonchev–Trinajstić information content (AvgIpc) is 2.83. The first-order chi connectivity index (χ1) is 10.5. The molecule has 2 N–H and O–H groups in total. The van der Waals surface area contributed by atoms with Crippen molar-refractivity contribution >= 4 is 5.91 Å². The lowest BCUT2D eigenvalue weighted by atomic mass is 9.94. The van der Waals surface area contributed by atoms with Crippen LogP contribution < -0.4 is 5.32 Å². The monoisotopic (exact) mass is 335 g/mol. The van der Waals surface area contributed by atoms with E-state index in [4.69, 9.17) is 0 Å². The summed E-state index contributed by atoms with van der Waals surface area (Å²) >= 11 is 0. The van der Waals surface area contributed by atoms with Crippen molar-refractivity contribution in [2.24, 2.45) is 18.9 Å². The number of aryl methyl sites for hydroxylation is 1. The second-order valence-electron chi connectivity index (χ2n) is 6.25. The SMILES string of the molecule is CC(C)C(C)CC(=O)NCCC(O)(c1nccn1C)C(F)(F)F. The number of aliphatic hydroxyl groups is 1. The highest BCUT2D eigenvalue weighted by atomic mass is 19.4. The van der Waals surface area contributed by atoms with Gasteiger partial charge in [0.25, 0.3) is 0 Å². The van der Waals surface area contributed by atoms with E-state index < -0.39 is 24.0 Å². The Morgan fingerprint density at radius 2 is 2.00 bits per heavy atom. The lowest BCUT2D eigenvalue weighted by Crippen LogP contribution is -2.46. The van der Waals surface area contributed by atoms with Crippen LogP contribution >= 0.6 is 0 Å². The minimum atomic E-state index is -4.89. The third-order valence-electron chi connectivity index (χ3n) is 4.11. The van der Waals surface area contributed by atoms with Crippen molar-refractivity contribution in [2.45, 2.75) is 45.4 Å². The van der Waals surface area contributed by atoms with Crippen molar-refractivity contribution in [3.8, 4) is 0 Å². The predicted molar refractivity (Wildman–Crippen MR) is 79.4 cm³/mol. The molecular formula is C15H24F3N3O2. The molecule has 0 spiro atoms. The topological polar surface area (TPSA) is 67.2 Å². The van der Waals surface area contributed by atoms with Gasteiger partial charge in [0, 0.05) is 38.8 Å². The first-order valence-corrected chi connectivity index (χ1v) is 7.52. The van der Waals surface area contributed by atoms with Crippen LogP contribution in [0, 0.1) is 11.8 Å². The standard InChI is InChI=1S/C15H24F3N3O2/c1-10(2)11(3)9-12(22)19-6-5-14(23,15(16,17)18)13-20-7-8-21(13)4/h7-8,10-11,23H,5-6,9H2,1-4H3,(H,19,22). The minimum Gasteiger partial charge on any atom is -0.374 e. The summed E-state index contributed by atoms with van der Waals surface area (Å²) in [7, 11) is 1.38. The first-order valence-electron chi connectivity index (χ1n) is 7.52. The third kappa shape index (κ3) is 4.70. The number of nitrogens with zero attached hydrogens (tertiary/aromatic N) is 2. The van der Waals surface area contributed by atoms with Gasteiger partial charge < -0.3 is 15.0 Å². The molecule has 0 aromatic carbocycles. The van der Waals surface area contributed by atoms with Crippen molar-refractivity contribution < 1.29 is 23.1 Å². The van der Waals surface area contributed by atoms with Gasteiger partial charge in [-0.2, -0.15) is 13.2 Å². The second kappa shape index (κ2) is 7.33. The molecule has 8 heteroatoms. The van der Waals surface area contributed by atoms with E-state index in [1.165, 1.54) is 19.4 Å². The average molecular weight is 335 g/mol. The molecular weight excluding hydrogens is 311 g/mol. The van der Waals surface area contributed by atoms with Crippen LogP contribution in [0.2, 0.25) is 0 Å². The summed E-state index contributed by atoms with van der Waals surface area (Å²) in [6, 6.07) is 0. The highest BCUT2D eigenvalue weighted by Gasteiger charge is 2.57. The van der Waals surface area contributed by atoms with Gasteiger partial charge in [0.15, 0.2) is 0 Å². The maximum absolute atomic E-state index is 13.3. The fourth-order valence-electron chi connectivity index (χ4n) is 2.13. The number of hydrogen-bond donors (Lipinski definition) is 2. The molecule has 1 amide bonds. The zero-order valence-corrected chi connectivity index (χ0v) is 13.8. The van der Waals surface area contributed by atoms with Crippen LogP contribution in [0.4, 0.5) is 13.2 Å². The Morgan fingerprint density at radius 3 is 2.43 bits per heavy atom. The summed E-state index contributed by atoms with van der Waals surface area (Å²) in [4.78, 5) is 15.4. The van der Waals surface area contributed by atoms with Crippen molar-refractivity contribution in [3.63, 3.8) is 0 Å². The van der Waals surface area contributed by atoms with Crippen LogP contribution in [0.1, 0.15) is 39.4 Å². The number of halogens is 3. The van der Waals surface area contributed by atoms with Crippen molar-refractivity contribution in [1.82, 2.24) is 14.9 Å². The number of imidazole rings is 1. The number of hydrogen-bond acceptors (Lipinski definition) is 3. The number of aromatic nitrogens is 2. The van der Waals surface area contributed by atoms with Crippen LogP contribution in [0.3, 0.4) is 0 Å². The Labute approximate surface area is 133 Å². The molecule has 0 saturated carbocycles. The fraction of sp³-hybridized carbons (Fsp3) is 0.733. The Morgan fingerprint density at radius 1 is 1.39 bits per heavy atom. The molecule has 0 fully saturated rings. The molecule has 2 atom stereocenters. The van der Waals surface area contributed by atoms with E-state index in [1.54, 1.807) is 0 Å². The maximum atomic E-state index is 13.3. The highest BCUT2D eigenvalue weighted by molar-refractivity contribution is 5.76. The van der Waals surface area contributed by atoms with Crippen LogP contribution in [-0.2, 0) is 17.4 Å². The van der Waals surface area contributed by atoms with E-state index >= 15 is 0 Å². The number of carbonyl (C=O) groups is 1. The Hall–Kier alpha value is -1.57. The maximum Gasteiger partial charge on any atom is 0.424 e. The molecule has 0 radical (unpaired) electrons. The van der Waals surface area contributed by atoms with Crippen LogP contribution in [0.5, 0.6) is 0 Å². The van der Waals surface area contributed by atoms with E-state index in [0.717, 1.165) is 4.57 Å². The lowest BCUT2D eigenvalue weighted by Gasteiger charge is -2.30. The lowest BCUT2D eigenvalue weighted by molar-refractivity contribution is -0.272. The van der Waals surface area contributed by atoms with Gasteiger partial charge in [0.05, 0.1) is 0 Å². The van der Waals surface area contributed by atoms with Crippen molar-refractivity contribution in [3.05, 3.63) is 18.2 Å². The van der Waals surface area contributed by atoms with Crippen molar-refractivity contribution in [2.75, 3.05) is 6.54 Å². The zero-order chi connectivity index (χ0) is 17.8. The summed E-state index contributed by atoms with van der Waals surface area (Å²) < 4.78 is 40.9. The summed E-state index contributed by atoms with van der Waals surface area (Å²) in [6.45, 7) is 5.57. The number of rotatable bonds is 7. The number of alkyl halides is 3. The van der Waals surface area contributed by atoms with Crippen LogP contribution in [0.25, 0.3) is 0 Å². The van der Waals surface area contributed by atoms with E-state index in [1.807, 2.05) is 20.8 Å². The number of amides is 1. The van der Waals surface area contributed by atoms with Gasteiger partial charge in [-0.15, -0.1) is 0 Å². The smallest absolute Gasteiger partial charge is 0.374 e. The molecule has 1 heterocycles. The highest BCUT2D eigenvalue weighted by Crippen LogP contribution is 2.40. The molecule has 0 saturated heterocycles. The van der Waals surface area contributed by atoms with E-state index in [9.17, 15) is 23.1 Å². The molecule has 0 bridgehead atoms.